The fourth-order valence-electron chi connectivity index (χ4n) is 4.24. The van der Waals surface area contributed by atoms with E-state index < -0.39 is 29.6 Å². The topological polar surface area (TPSA) is 119 Å². The first-order valence-corrected chi connectivity index (χ1v) is 14.2. The maximum absolute atomic E-state index is 12.5. The molecule has 1 aliphatic rings. The number of esters is 2. The molecule has 0 aromatic heterocycles. The van der Waals surface area contributed by atoms with Gasteiger partial charge in [-0.05, 0) is 56.2 Å². The van der Waals surface area contributed by atoms with Crippen molar-refractivity contribution < 1.29 is 38.8 Å². The van der Waals surface area contributed by atoms with Crippen LogP contribution in [0.3, 0.4) is 0 Å². The highest BCUT2D eigenvalue weighted by atomic mass is 32.2. The zero-order chi connectivity index (χ0) is 28.1. The number of aliphatic hydroxyl groups excluding tert-OH is 2. The summed E-state index contributed by atoms with van der Waals surface area (Å²) in [6, 6.07) is 7.85. The minimum Gasteiger partial charge on any atom is -0.428 e. The van der Waals surface area contributed by atoms with Gasteiger partial charge in [-0.25, -0.2) is 0 Å². The third-order valence-electron chi connectivity index (χ3n) is 6.30. The molecular formula is C29H42O8S. The van der Waals surface area contributed by atoms with Crippen molar-refractivity contribution in [2.45, 2.75) is 71.7 Å². The molecule has 38 heavy (non-hydrogen) atoms. The van der Waals surface area contributed by atoms with Crippen molar-refractivity contribution in [1.29, 1.82) is 0 Å². The normalized spacial score (nSPS) is 20.6. The minimum absolute atomic E-state index is 0.0443. The fourth-order valence-corrected chi connectivity index (χ4v) is 5.21. The predicted molar refractivity (Wildman–Crippen MR) is 146 cm³/mol. The number of rotatable bonds is 15. The Morgan fingerprint density at radius 2 is 1.92 bits per heavy atom. The molecule has 4 unspecified atom stereocenters. The van der Waals surface area contributed by atoms with E-state index in [0.29, 0.717) is 25.9 Å². The average molecular weight is 551 g/mol. The summed E-state index contributed by atoms with van der Waals surface area (Å²) in [6.45, 7) is 5.30. The molecule has 1 aromatic rings. The quantitative estimate of drug-likeness (QED) is 0.145. The van der Waals surface area contributed by atoms with Crippen LogP contribution >= 0.6 is 11.8 Å². The maximum atomic E-state index is 12.5. The van der Waals surface area contributed by atoms with Crippen molar-refractivity contribution in [3.63, 3.8) is 0 Å². The number of methoxy groups -OCH3 is 1. The van der Waals surface area contributed by atoms with E-state index in [9.17, 15) is 24.6 Å². The van der Waals surface area contributed by atoms with Crippen molar-refractivity contribution in [3.05, 3.63) is 47.5 Å². The molecule has 1 fully saturated rings. The van der Waals surface area contributed by atoms with Crippen LogP contribution in [0.5, 0.6) is 0 Å². The van der Waals surface area contributed by atoms with Gasteiger partial charge in [0.2, 0.25) is 6.79 Å². The zero-order valence-corrected chi connectivity index (χ0v) is 23.7. The first kappa shape index (κ1) is 32.0. The lowest BCUT2D eigenvalue weighted by molar-refractivity contribution is -0.173. The number of thioether (sulfide) groups is 1. The number of aliphatic hydroxyl groups is 2. The van der Waals surface area contributed by atoms with Gasteiger partial charge < -0.3 is 24.4 Å². The molecule has 1 aliphatic carbocycles. The Morgan fingerprint density at radius 1 is 1.18 bits per heavy atom. The number of benzene rings is 1. The Morgan fingerprint density at radius 3 is 2.63 bits per heavy atom. The van der Waals surface area contributed by atoms with Crippen LogP contribution in [0.4, 0.5) is 0 Å². The zero-order valence-electron chi connectivity index (χ0n) is 22.9. The lowest BCUT2D eigenvalue weighted by Crippen LogP contribution is -2.24. The summed E-state index contributed by atoms with van der Waals surface area (Å²) in [5, 5.41) is 20.9. The van der Waals surface area contributed by atoms with Crippen LogP contribution in [0.25, 0.3) is 0 Å². The van der Waals surface area contributed by atoms with Crippen LogP contribution in [-0.2, 0) is 41.6 Å². The number of hydrogen-bond donors (Lipinski definition) is 2. The van der Waals surface area contributed by atoms with E-state index in [-0.39, 0.29) is 37.3 Å². The summed E-state index contributed by atoms with van der Waals surface area (Å²) in [7, 11) is 1.64. The highest BCUT2D eigenvalue weighted by Crippen LogP contribution is 2.34. The number of carbonyl (C=O) groups excluding carboxylic acids is 3. The summed E-state index contributed by atoms with van der Waals surface area (Å²) in [6.07, 6.45) is 4.03. The molecule has 1 aromatic carbocycles. The minimum atomic E-state index is -0.742. The molecule has 0 radical (unpaired) electrons. The summed E-state index contributed by atoms with van der Waals surface area (Å²) < 4.78 is 15.0. The van der Waals surface area contributed by atoms with E-state index in [1.165, 1.54) is 0 Å². The van der Waals surface area contributed by atoms with E-state index in [1.807, 2.05) is 24.3 Å². The SMILES string of the molecule is COCc1cccc(CC(O)C=CC2C(O)CC(=O)C2CCSCCCC(=O)OCOC(=O)C(C)(C)C)c1. The second-order valence-corrected chi connectivity index (χ2v) is 11.9. The van der Waals surface area contributed by atoms with Gasteiger partial charge in [0.1, 0.15) is 5.78 Å². The lowest BCUT2D eigenvalue weighted by Gasteiger charge is -2.18. The van der Waals surface area contributed by atoms with Crippen LogP contribution < -0.4 is 0 Å². The molecule has 1 saturated carbocycles. The molecule has 8 nitrogen and oxygen atoms in total. The van der Waals surface area contributed by atoms with Crippen molar-refractivity contribution in [2.75, 3.05) is 25.4 Å². The summed E-state index contributed by atoms with van der Waals surface area (Å²) >= 11 is 1.64. The second-order valence-electron chi connectivity index (χ2n) is 10.7. The van der Waals surface area contributed by atoms with Crippen LogP contribution in [0.1, 0.15) is 57.6 Å². The van der Waals surface area contributed by atoms with Gasteiger partial charge in [0, 0.05) is 38.2 Å². The molecular weight excluding hydrogens is 508 g/mol. The third kappa shape index (κ3) is 11.3. The molecule has 0 bridgehead atoms. The monoisotopic (exact) mass is 550 g/mol. The molecule has 0 spiro atoms. The second kappa shape index (κ2) is 16.0. The summed E-state index contributed by atoms with van der Waals surface area (Å²) in [4.78, 5) is 35.9. The smallest absolute Gasteiger partial charge is 0.314 e. The van der Waals surface area contributed by atoms with Gasteiger partial charge in [-0.3, -0.25) is 14.4 Å². The van der Waals surface area contributed by atoms with Crippen LogP contribution in [-0.4, -0.2) is 65.6 Å². The van der Waals surface area contributed by atoms with Crippen molar-refractivity contribution >= 4 is 29.5 Å². The van der Waals surface area contributed by atoms with E-state index in [4.69, 9.17) is 14.2 Å². The molecule has 2 N–H and O–H groups in total. The largest absolute Gasteiger partial charge is 0.428 e. The number of carbonyl (C=O) groups is 3. The molecule has 0 amide bonds. The molecule has 212 valence electrons. The predicted octanol–water partition coefficient (Wildman–Crippen LogP) is 3.85. The van der Waals surface area contributed by atoms with Crippen LogP contribution in [0.15, 0.2) is 36.4 Å². The maximum Gasteiger partial charge on any atom is 0.314 e. The molecule has 0 heterocycles. The molecule has 4 atom stereocenters. The van der Waals surface area contributed by atoms with Gasteiger partial charge in [-0.2, -0.15) is 11.8 Å². The highest BCUT2D eigenvalue weighted by Gasteiger charge is 2.39. The van der Waals surface area contributed by atoms with Gasteiger partial charge in [-0.1, -0.05) is 36.4 Å². The standard InChI is InChI=1S/C29H42O8S/c1-29(2,3)28(34)37-19-36-27(33)9-6-13-38-14-12-24-23(25(31)17-26(24)32)11-10-22(30)16-20-7-5-8-21(15-20)18-35-4/h5,7-8,10-11,15,22-25,30-31H,6,9,12-14,16-19H2,1-4H3. The summed E-state index contributed by atoms with van der Waals surface area (Å²) in [5.74, 6) is 0.0421. The first-order valence-electron chi connectivity index (χ1n) is 13.1. The Labute approximate surface area is 230 Å². The summed E-state index contributed by atoms with van der Waals surface area (Å²) in [5.41, 5.74) is 1.38. The average Bonchev–Trinajstić information content (AvgIpc) is 3.11. The van der Waals surface area contributed by atoms with Crippen LogP contribution in [0, 0.1) is 17.3 Å². The molecule has 0 saturated heterocycles. The molecule has 9 heteroatoms. The Kier molecular flexibility index (Phi) is 13.5. The molecule has 2 rings (SSSR count). The van der Waals surface area contributed by atoms with Crippen molar-refractivity contribution in [3.8, 4) is 0 Å². The van der Waals surface area contributed by atoms with Gasteiger partial charge in [0.25, 0.3) is 0 Å². The highest BCUT2D eigenvalue weighted by molar-refractivity contribution is 7.99. The van der Waals surface area contributed by atoms with Crippen molar-refractivity contribution in [2.24, 2.45) is 17.3 Å². The number of ketones is 1. The molecule has 0 aliphatic heterocycles. The number of ether oxygens (including phenoxy) is 3. The van der Waals surface area contributed by atoms with E-state index in [0.717, 1.165) is 22.6 Å². The van der Waals surface area contributed by atoms with E-state index in [1.54, 1.807) is 51.8 Å². The third-order valence-corrected chi connectivity index (χ3v) is 7.40. The van der Waals surface area contributed by atoms with Gasteiger partial charge >= 0.3 is 11.9 Å². The van der Waals surface area contributed by atoms with Crippen molar-refractivity contribution in [1.82, 2.24) is 0 Å². The van der Waals surface area contributed by atoms with E-state index >= 15 is 0 Å². The van der Waals surface area contributed by atoms with Crippen LogP contribution in [0.2, 0.25) is 0 Å². The van der Waals surface area contributed by atoms with Gasteiger partial charge in [0.15, 0.2) is 0 Å². The Balaban J connectivity index is 1.70. The Hall–Kier alpha value is -2.20. The van der Waals surface area contributed by atoms with Gasteiger partial charge in [-0.15, -0.1) is 0 Å². The number of hydrogen-bond acceptors (Lipinski definition) is 9. The number of Topliss-reactive ketones (excluding diaryl/α,β-unsaturated/α-hetero) is 1. The fraction of sp³-hybridized carbons (Fsp3) is 0.621. The lowest BCUT2D eigenvalue weighted by atomic mass is 9.91. The Bertz CT molecular complexity index is 939. The first-order chi connectivity index (χ1) is 18.0. The van der Waals surface area contributed by atoms with Gasteiger partial charge in [0.05, 0.1) is 24.2 Å². The van der Waals surface area contributed by atoms with E-state index in [2.05, 4.69) is 0 Å².